The number of benzene rings is 2. The number of guanidine groups is 1. The highest BCUT2D eigenvalue weighted by Gasteiger charge is 2.47. The molecule has 2 aromatic carbocycles. The minimum absolute atomic E-state index is 0.0737. The quantitative estimate of drug-likeness (QED) is 0.571. The van der Waals surface area contributed by atoms with Crippen LogP contribution in [0.2, 0.25) is 0 Å². The fraction of sp³-hybridized carbons (Fsp3) is 0.192. The van der Waals surface area contributed by atoms with E-state index in [1.165, 1.54) is 4.90 Å². The average Bonchev–Trinajstić information content (AvgIpc) is 3.32. The number of carbonyl (C=O) groups excluding carboxylic acids is 1. The van der Waals surface area contributed by atoms with Crippen molar-refractivity contribution in [3.05, 3.63) is 88.1 Å². The van der Waals surface area contributed by atoms with Gasteiger partial charge in [0.2, 0.25) is 5.91 Å². The van der Waals surface area contributed by atoms with E-state index >= 15 is 0 Å². The fourth-order valence-electron chi connectivity index (χ4n) is 4.01. The highest BCUT2D eigenvalue weighted by Crippen LogP contribution is 2.41. The van der Waals surface area contributed by atoms with Crippen LogP contribution < -0.4 is 5.32 Å². The van der Waals surface area contributed by atoms with Gasteiger partial charge >= 0.3 is 0 Å². The first kappa shape index (κ1) is 21.5. The number of rotatable bonds is 5. The molecule has 0 aliphatic carbocycles. The van der Waals surface area contributed by atoms with E-state index in [9.17, 15) is 10.1 Å². The van der Waals surface area contributed by atoms with Gasteiger partial charge in [-0.05, 0) is 53.6 Å². The van der Waals surface area contributed by atoms with E-state index < -0.39 is 5.54 Å². The van der Waals surface area contributed by atoms with Gasteiger partial charge in [-0.15, -0.1) is 11.3 Å². The lowest BCUT2D eigenvalue weighted by Gasteiger charge is -2.44. The van der Waals surface area contributed by atoms with E-state index in [-0.39, 0.29) is 17.8 Å². The third-order valence-electron chi connectivity index (χ3n) is 5.96. The van der Waals surface area contributed by atoms with Gasteiger partial charge in [0.25, 0.3) is 0 Å². The number of allylic oxidation sites excluding steroid dienone is 1. The maximum Gasteiger partial charge on any atom is 0.235 e. The molecular formula is C26H24N4OS. The van der Waals surface area contributed by atoms with Crippen LogP contribution in [0.25, 0.3) is 17.2 Å². The predicted molar refractivity (Wildman–Crippen MR) is 129 cm³/mol. The monoisotopic (exact) mass is 440 g/mol. The molecule has 1 aromatic heterocycles. The molecule has 2 atom stereocenters. The number of carbonyl (C=O) groups is 1. The molecule has 160 valence electrons. The summed E-state index contributed by atoms with van der Waals surface area (Å²) in [6.45, 7) is 1.99. The third-order valence-corrected chi connectivity index (χ3v) is 7.12. The number of nitriles is 1. The lowest BCUT2D eigenvalue weighted by Crippen LogP contribution is -2.63. The van der Waals surface area contributed by atoms with Crippen molar-refractivity contribution in [1.82, 2.24) is 10.2 Å². The van der Waals surface area contributed by atoms with Crippen molar-refractivity contribution in [3.8, 4) is 17.2 Å². The van der Waals surface area contributed by atoms with E-state index in [4.69, 9.17) is 5.41 Å². The molecular weight excluding hydrogens is 416 g/mol. The lowest BCUT2D eigenvalue weighted by molar-refractivity contribution is -0.135. The summed E-state index contributed by atoms with van der Waals surface area (Å²) in [7, 11) is 1.64. The fourth-order valence-corrected chi connectivity index (χ4v) is 5.10. The minimum Gasteiger partial charge on any atom is -0.345 e. The zero-order valence-corrected chi connectivity index (χ0v) is 18.8. The summed E-state index contributed by atoms with van der Waals surface area (Å²) >= 11 is 1.57. The van der Waals surface area contributed by atoms with Crippen molar-refractivity contribution in [2.75, 3.05) is 7.05 Å². The molecule has 0 radical (unpaired) electrons. The zero-order valence-electron chi connectivity index (χ0n) is 18.0. The Bertz CT molecular complexity index is 1220. The van der Waals surface area contributed by atoms with Crippen LogP contribution in [-0.2, 0) is 10.3 Å². The first-order valence-corrected chi connectivity index (χ1v) is 11.3. The lowest BCUT2D eigenvalue weighted by atomic mass is 9.79. The molecule has 0 saturated carbocycles. The normalized spacial score (nSPS) is 20.9. The Morgan fingerprint density at radius 1 is 1.19 bits per heavy atom. The average molecular weight is 441 g/mol. The number of nitrogens with zero attached hydrogens (tertiary/aromatic N) is 2. The molecule has 3 aromatic rings. The van der Waals surface area contributed by atoms with Gasteiger partial charge in [-0.25, -0.2) is 0 Å². The van der Waals surface area contributed by atoms with Crippen LogP contribution in [0.15, 0.2) is 72.1 Å². The first-order chi connectivity index (χ1) is 15.4. The van der Waals surface area contributed by atoms with Crippen LogP contribution in [0.1, 0.15) is 29.3 Å². The Morgan fingerprint density at radius 3 is 2.72 bits per heavy atom. The molecule has 32 heavy (non-hydrogen) atoms. The van der Waals surface area contributed by atoms with E-state index in [2.05, 4.69) is 17.5 Å². The zero-order chi connectivity index (χ0) is 22.7. The SMILES string of the molecule is CN1C(=N)NC(C)(c2cc(-c3cccc(C#N)c3)cs2)C(C/C=C/c2ccccc2)C1=O. The molecule has 5 nitrogen and oxygen atoms in total. The van der Waals surface area contributed by atoms with Crippen molar-refractivity contribution in [2.45, 2.75) is 18.9 Å². The van der Waals surface area contributed by atoms with Crippen LogP contribution in [0, 0.1) is 22.7 Å². The second-order valence-electron chi connectivity index (χ2n) is 8.07. The standard InChI is InChI=1S/C26H24N4OS/c1-26(23-15-21(17-32-23)20-12-6-11-19(14-20)16-27)22(24(31)30(2)25(28)29-26)13-7-10-18-8-4-3-5-9-18/h3-12,14-15,17,22H,13H2,1-2H3,(H2,28,29)/b10-7+. The summed E-state index contributed by atoms with van der Waals surface area (Å²) in [4.78, 5) is 15.6. The second kappa shape index (κ2) is 8.81. The Labute approximate surface area is 192 Å². The van der Waals surface area contributed by atoms with E-state index in [1.807, 2.05) is 73.0 Å². The van der Waals surface area contributed by atoms with Crippen LogP contribution in [-0.4, -0.2) is 23.8 Å². The molecule has 1 amide bonds. The maximum absolute atomic E-state index is 13.2. The van der Waals surface area contributed by atoms with Gasteiger partial charge in [0.15, 0.2) is 5.96 Å². The number of nitrogens with one attached hydrogen (secondary N) is 2. The summed E-state index contributed by atoms with van der Waals surface area (Å²) in [5.74, 6) is -0.337. The molecule has 2 unspecified atom stereocenters. The van der Waals surface area contributed by atoms with Gasteiger partial charge in [-0.1, -0.05) is 54.6 Å². The van der Waals surface area contributed by atoms with E-state index in [0.29, 0.717) is 12.0 Å². The second-order valence-corrected chi connectivity index (χ2v) is 8.98. The topological polar surface area (TPSA) is 80.0 Å². The van der Waals surface area contributed by atoms with E-state index in [0.717, 1.165) is 21.6 Å². The van der Waals surface area contributed by atoms with Crippen molar-refractivity contribution in [2.24, 2.45) is 5.92 Å². The molecule has 1 aliphatic rings. The molecule has 2 N–H and O–H groups in total. The molecule has 1 fully saturated rings. The molecule has 0 spiro atoms. The largest absolute Gasteiger partial charge is 0.345 e. The Balaban J connectivity index is 1.66. The molecule has 6 heteroatoms. The van der Waals surface area contributed by atoms with Crippen molar-refractivity contribution >= 4 is 29.3 Å². The van der Waals surface area contributed by atoms with Gasteiger partial charge in [0, 0.05) is 11.9 Å². The summed E-state index contributed by atoms with van der Waals surface area (Å²) in [5.41, 5.74) is 2.95. The van der Waals surface area contributed by atoms with Crippen LogP contribution in [0.4, 0.5) is 0 Å². The summed E-state index contributed by atoms with van der Waals surface area (Å²) < 4.78 is 0. The summed E-state index contributed by atoms with van der Waals surface area (Å²) in [5, 5.41) is 22.8. The van der Waals surface area contributed by atoms with Crippen LogP contribution in [0.5, 0.6) is 0 Å². The van der Waals surface area contributed by atoms with Crippen molar-refractivity contribution in [3.63, 3.8) is 0 Å². The molecule has 2 heterocycles. The molecule has 1 aliphatic heterocycles. The van der Waals surface area contributed by atoms with E-state index in [1.54, 1.807) is 24.5 Å². The van der Waals surface area contributed by atoms with Crippen molar-refractivity contribution in [1.29, 1.82) is 10.7 Å². The van der Waals surface area contributed by atoms with Crippen LogP contribution in [0.3, 0.4) is 0 Å². The molecule has 0 bridgehead atoms. The Morgan fingerprint density at radius 2 is 1.97 bits per heavy atom. The number of thiophene rings is 1. The number of hydrogen-bond donors (Lipinski definition) is 2. The highest BCUT2D eigenvalue weighted by atomic mass is 32.1. The number of amides is 1. The van der Waals surface area contributed by atoms with Gasteiger partial charge in [0.1, 0.15) is 0 Å². The smallest absolute Gasteiger partial charge is 0.235 e. The third kappa shape index (κ3) is 4.08. The molecule has 4 rings (SSSR count). The highest BCUT2D eigenvalue weighted by molar-refractivity contribution is 7.10. The Hall–Kier alpha value is -3.69. The van der Waals surface area contributed by atoms with Gasteiger partial charge in [-0.2, -0.15) is 5.26 Å². The maximum atomic E-state index is 13.2. The van der Waals surface area contributed by atoms with Gasteiger partial charge < -0.3 is 5.32 Å². The Kier molecular flexibility index (Phi) is 5.93. The van der Waals surface area contributed by atoms with Crippen molar-refractivity contribution < 1.29 is 4.79 Å². The van der Waals surface area contributed by atoms with Gasteiger partial charge in [0.05, 0.1) is 23.1 Å². The summed E-state index contributed by atoms with van der Waals surface area (Å²) in [6.07, 6.45) is 4.61. The predicted octanol–water partition coefficient (Wildman–Crippen LogP) is 5.22. The van der Waals surface area contributed by atoms with Crippen LogP contribution >= 0.6 is 11.3 Å². The summed E-state index contributed by atoms with van der Waals surface area (Å²) in [6, 6.07) is 21.7. The molecule has 1 saturated heterocycles. The first-order valence-electron chi connectivity index (χ1n) is 10.4. The minimum atomic E-state index is -0.711. The van der Waals surface area contributed by atoms with Gasteiger partial charge in [-0.3, -0.25) is 15.1 Å². The number of hydrogen-bond acceptors (Lipinski definition) is 4.